The Kier molecular flexibility index (Phi) is 9.26. The minimum absolute atomic E-state index is 0. The maximum Gasteiger partial charge on any atom is 0.324 e. The van der Waals surface area contributed by atoms with Crippen molar-refractivity contribution in [3.8, 4) is 0 Å². The highest BCUT2D eigenvalue weighted by molar-refractivity contribution is 14.1. The van der Waals surface area contributed by atoms with E-state index < -0.39 is 23.8 Å². The number of ether oxygens (including phenoxy) is 2. The van der Waals surface area contributed by atoms with E-state index in [1.807, 2.05) is 6.07 Å². The number of halogens is 3. The van der Waals surface area contributed by atoms with Gasteiger partial charge in [-0.05, 0) is 72.3 Å². The third-order valence-corrected chi connectivity index (χ3v) is 5.05. The summed E-state index contributed by atoms with van der Waals surface area (Å²) in [5.41, 5.74) is 1.38. The van der Waals surface area contributed by atoms with Crippen molar-refractivity contribution in [1.82, 2.24) is 20.4 Å². The molecule has 0 amide bonds. The molecule has 0 aliphatic carbocycles. The van der Waals surface area contributed by atoms with Gasteiger partial charge in [-0.1, -0.05) is 13.5 Å². The minimum atomic E-state index is -1.23. The summed E-state index contributed by atoms with van der Waals surface area (Å²) < 4.78 is 37.1. The lowest BCUT2D eigenvalue weighted by Gasteiger charge is -2.14. The van der Waals surface area contributed by atoms with Crippen molar-refractivity contribution in [1.29, 1.82) is 0 Å². The summed E-state index contributed by atoms with van der Waals surface area (Å²) in [4.78, 5) is 24.0. The van der Waals surface area contributed by atoms with Gasteiger partial charge < -0.3 is 9.47 Å². The van der Waals surface area contributed by atoms with E-state index in [1.165, 1.54) is 18.2 Å². The van der Waals surface area contributed by atoms with Gasteiger partial charge >= 0.3 is 11.9 Å². The molecule has 2 N–H and O–H groups in total. The molecule has 0 radical (unpaired) electrons. The van der Waals surface area contributed by atoms with Crippen LogP contribution in [0.4, 0.5) is 8.78 Å². The molecule has 0 saturated carbocycles. The topological polar surface area (TPSA) is 110 Å². The molecule has 2 aromatic heterocycles. The van der Waals surface area contributed by atoms with Crippen LogP contribution in [0.15, 0.2) is 36.4 Å². The van der Waals surface area contributed by atoms with E-state index in [1.54, 1.807) is 26.0 Å². The van der Waals surface area contributed by atoms with Crippen LogP contribution in [-0.2, 0) is 19.1 Å². The number of benzene rings is 2. The molecule has 0 aliphatic heterocycles. The van der Waals surface area contributed by atoms with Crippen LogP contribution < -0.4 is 0 Å². The van der Waals surface area contributed by atoms with Crippen LogP contribution in [0.1, 0.15) is 32.8 Å². The molecule has 11 heteroatoms. The average molecular weight is 572 g/mol. The second-order valence-electron chi connectivity index (χ2n) is 6.45. The third-order valence-electron chi connectivity index (χ3n) is 4.38. The Hall–Kier alpha value is -3.09. The summed E-state index contributed by atoms with van der Waals surface area (Å²) in [7, 11) is 0. The molecule has 0 saturated heterocycles. The van der Waals surface area contributed by atoms with Gasteiger partial charge in [0.15, 0.2) is 5.92 Å². The molecule has 176 valence electrons. The zero-order chi connectivity index (χ0) is 23.3. The quantitative estimate of drug-likeness (QED) is 0.201. The summed E-state index contributed by atoms with van der Waals surface area (Å²) >= 11 is 2.13. The molecular formula is C22H23F2IN4O4. The highest BCUT2D eigenvalue weighted by Crippen LogP contribution is 2.25. The maximum absolute atomic E-state index is 13.5. The monoisotopic (exact) mass is 572 g/mol. The van der Waals surface area contributed by atoms with Gasteiger partial charge in [-0.15, -0.1) is 0 Å². The Labute approximate surface area is 202 Å². The number of hydrogen-bond acceptors (Lipinski definition) is 6. The Balaban J connectivity index is 0.000000270. The first-order valence-electron chi connectivity index (χ1n) is 9.61. The molecule has 2 aromatic carbocycles. The maximum atomic E-state index is 13.5. The van der Waals surface area contributed by atoms with Crippen LogP contribution in [0, 0.1) is 15.5 Å². The molecule has 0 fully saturated rings. The van der Waals surface area contributed by atoms with Crippen molar-refractivity contribution in [3.05, 3.63) is 57.4 Å². The fourth-order valence-electron chi connectivity index (χ4n) is 2.95. The molecule has 0 aliphatic rings. The zero-order valence-corrected chi connectivity index (χ0v) is 19.3. The first-order chi connectivity index (χ1) is 15.3. The molecule has 4 rings (SSSR count). The number of carbonyl (C=O) groups is 2. The van der Waals surface area contributed by atoms with E-state index in [-0.39, 0.29) is 32.0 Å². The predicted molar refractivity (Wildman–Crippen MR) is 128 cm³/mol. The van der Waals surface area contributed by atoms with Gasteiger partial charge in [-0.25, -0.2) is 0 Å². The molecule has 33 heavy (non-hydrogen) atoms. The normalized spacial score (nSPS) is 10.5. The number of carbonyl (C=O) groups excluding carboxylic acids is 2. The Morgan fingerprint density at radius 2 is 1.39 bits per heavy atom. The van der Waals surface area contributed by atoms with Crippen molar-refractivity contribution in [2.75, 3.05) is 13.2 Å². The van der Waals surface area contributed by atoms with Crippen LogP contribution in [0.3, 0.4) is 0 Å². The van der Waals surface area contributed by atoms with Gasteiger partial charge in [0.25, 0.3) is 0 Å². The number of aromatic amines is 2. The summed E-state index contributed by atoms with van der Waals surface area (Å²) in [6.07, 6.45) is 0. The van der Waals surface area contributed by atoms with Crippen molar-refractivity contribution < 1.29 is 27.8 Å². The lowest BCUT2D eigenvalue weighted by Crippen LogP contribution is -2.26. The molecule has 2 heterocycles. The highest BCUT2D eigenvalue weighted by atomic mass is 127. The predicted octanol–water partition coefficient (Wildman–Crippen LogP) is 4.85. The lowest BCUT2D eigenvalue weighted by atomic mass is 9.98. The number of rotatable bonds is 5. The second-order valence-corrected chi connectivity index (χ2v) is 7.70. The van der Waals surface area contributed by atoms with Crippen LogP contribution in [0.5, 0.6) is 0 Å². The SMILES string of the molecule is C.CCOC(=O)C(C(=O)OCC)c1ccc2n[nH]c(F)c2c1.Fc1[nH]nc2ccc(I)cc12. The van der Waals surface area contributed by atoms with E-state index >= 15 is 0 Å². The largest absolute Gasteiger partial charge is 0.465 e. The number of hydrogen-bond donors (Lipinski definition) is 2. The molecule has 0 atom stereocenters. The number of esters is 2. The van der Waals surface area contributed by atoms with E-state index in [4.69, 9.17) is 9.47 Å². The summed E-state index contributed by atoms with van der Waals surface area (Å²) in [6, 6.07) is 9.89. The first-order valence-corrected chi connectivity index (χ1v) is 10.7. The smallest absolute Gasteiger partial charge is 0.324 e. The molecule has 0 bridgehead atoms. The standard InChI is InChI=1S/C14H15FN2O4.C7H4FIN2.CH4/c1-3-20-13(18)11(14(19)21-4-2)8-5-6-10-9(7-8)12(15)17-16-10;8-7-5-3-4(9)1-2-6(5)10-11-7;/h5-7,11H,3-4H2,1-2H3,(H,16,17);1-3H,(H,10,11);1H4. The van der Waals surface area contributed by atoms with Crippen molar-refractivity contribution in [2.45, 2.75) is 27.2 Å². The van der Waals surface area contributed by atoms with Gasteiger partial charge in [0.2, 0.25) is 11.9 Å². The minimum Gasteiger partial charge on any atom is -0.465 e. The first kappa shape index (κ1) is 26.2. The molecule has 0 spiro atoms. The number of nitrogens with one attached hydrogen (secondary N) is 2. The number of nitrogens with zero attached hydrogens (tertiary/aromatic N) is 2. The number of fused-ring (bicyclic) bond motifs is 2. The van der Waals surface area contributed by atoms with Crippen LogP contribution in [-0.4, -0.2) is 45.5 Å². The van der Waals surface area contributed by atoms with Crippen molar-refractivity contribution in [3.63, 3.8) is 0 Å². The Morgan fingerprint density at radius 1 is 0.909 bits per heavy atom. The number of aromatic nitrogens is 4. The summed E-state index contributed by atoms with van der Waals surface area (Å²) in [5.74, 6) is -3.67. The van der Waals surface area contributed by atoms with E-state index in [0.29, 0.717) is 22.0 Å². The van der Waals surface area contributed by atoms with Gasteiger partial charge in [0.1, 0.15) is 0 Å². The van der Waals surface area contributed by atoms with Crippen LogP contribution in [0.2, 0.25) is 0 Å². The van der Waals surface area contributed by atoms with Crippen molar-refractivity contribution >= 4 is 56.3 Å². The van der Waals surface area contributed by atoms with Gasteiger partial charge in [0.05, 0.1) is 35.0 Å². The molecule has 4 aromatic rings. The van der Waals surface area contributed by atoms with Crippen LogP contribution >= 0.6 is 22.6 Å². The summed E-state index contributed by atoms with van der Waals surface area (Å²) in [5, 5.41) is 12.7. The fraction of sp³-hybridized carbons (Fsp3) is 0.273. The Bertz CT molecular complexity index is 1240. The fourth-order valence-corrected chi connectivity index (χ4v) is 3.44. The molecule has 0 unspecified atom stereocenters. The van der Waals surface area contributed by atoms with Gasteiger partial charge in [-0.2, -0.15) is 19.0 Å². The third kappa shape index (κ3) is 6.03. The highest BCUT2D eigenvalue weighted by Gasteiger charge is 2.31. The Morgan fingerprint density at radius 3 is 1.91 bits per heavy atom. The lowest BCUT2D eigenvalue weighted by molar-refractivity contribution is -0.156. The molecule has 8 nitrogen and oxygen atoms in total. The van der Waals surface area contributed by atoms with E-state index in [9.17, 15) is 18.4 Å². The average Bonchev–Trinajstić information content (AvgIpc) is 3.32. The van der Waals surface area contributed by atoms with E-state index in [2.05, 4.69) is 43.0 Å². The zero-order valence-electron chi connectivity index (χ0n) is 17.1. The van der Waals surface area contributed by atoms with E-state index in [0.717, 1.165) is 3.57 Å². The molecular weight excluding hydrogens is 549 g/mol. The summed E-state index contributed by atoms with van der Waals surface area (Å²) in [6.45, 7) is 3.55. The van der Waals surface area contributed by atoms with Gasteiger partial charge in [-0.3, -0.25) is 19.8 Å². The second kappa shape index (κ2) is 11.7. The van der Waals surface area contributed by atoms with Crippen LogP contribution in [0.25, 0.3) is 21.8 Å². The van der Waals surface area contributed by atoms with Crippen molar-refractivity contribution in [2.24, 2.45) is 0 Å². The number of H-pyrrole nitrogens is 2. The van der Waals surface area contributed by atoms with Gasteiger partial charge in [0, 0.05) is 3.57 Å².